The summed E-state index contributed by atoms with van der Waals surface area (Å²) in [5.74, 6) is -1.24. The van der Waals surface area contributed by atoms with Crippen LogP contribution in [0.15, 0.2) is 30.3 Å². The zero-order chi connectivity index (χ0) is 11.4. The van der Waals surface area contributed by atoms with E-state index in [4.69, 9.17) is 10.2 Å². The topological polar surface area (TPSA) is 77.8 Å². The molecule has 15 heavy (non-hydrogen) atoms. The highest BCUT2D eigenvalue weighted by Gasteiger charge is 2.29. The highest BCUT2D eigenvalue weighted by molar-refractivity contribution is 9.07. The highest BCUT2D eigenvalue weighted by atomic mass is 79.9. The standard InChI is InChI=1S/C9H8BrNO4/c10-11(9(14)15)7(8(12)13)6-4-2-1-3-5-6/h1-5,7H,(H,12,13)(H,14,15). The molecule has 0 aliphatic rings. The molecule has 5 nitrogen and oxygen atoms in total. The van der Waals surface area contributed by atoms with Crippen LogP contribution >= 0.6 is 16.1 Å². The molecule has 0 radical (unpaired) electrons. The van der Waals surface area contributed by atoms with Crippen molar-refractivity contribution >= 4 is 28.2 Å². The zero-order valence-electron chi connectivity index (χ0n) is 7.50. The van der Waals surface area contributed by atoms with Crippen LogP contribution in [0.1, 0.15) is 11.6 Å². The number of rotatable bonds is 3. The lowest BCUT2D eigenvalue weighted by Gasteiger charge is -2.19. The highest BCUT2D eigenvalue weighted by Crippen LogP contribution is 2.23. The van der Waals surface area contributed by atoms with Gasteiger partial charge >= 0.3 is 12.1 Å². The Morgan fingerprint density at radius 1 is 1.20 bits per heavy atom. The van der Waals surface area contributed by atoms with Gasteiger partial charge in [0.25, 0.3) is 0 Å². The lowest BCUT2D eigenvalue weighted by molar-refractivity contribution is -0.141. The van der Waals surface area contributed by atoms with E-state index in [1.807, 2.05) is 0 Å². The Kier molecular flexibility index (Phi) is 3.68. The molecule has 0 spiro atoms. The fraction of sp³-hybridized carbons (Fsp3) is 0.111. The SMILES string of the molecule is O=C(O)C(c1ccccc1)N(Br)C(=O)O. The van der Waals surface area contributed by atoms with E-state index in [1.165, 1.54) is 0 Å². The molecular weight excluding hydrogens is 266 g/mol. The largest absolute Gasteiger partial charge is 0.479 e. The average Bonchev–Trinajstić information content (AvgIpc) is 2.18. The van der Waals surface area contributed by atoms with Gasteiger partial charge in [-0.3, -0.25) is 0 Å². The lowest BCUT2D eigenvalue weighted by Crippen LogP contribution is -2.30. The third-order valence-corrected chi connectivity index (χ3v) is 2.47. The molecule has 1 amide bonds. The van der Waals surface area contributed by atoms with Gasteiger partial charge < -0.3 is 10.2 Å². The van der Waals surface area contributed by atoms with Crippen molar-refractivity contribution in [2.24, 2.45) is 0 Å². The molecule has 0 saturated heterocycles. The van der Waals surface area contributed by atoms with E-state index in [-0.39, 0.29) is 0 Å². The van der Waals surface area contributed by atoms with Crippen molar-refractivity contribution in [1.82, 2.24) is 3.93 Å². The molecule has 1 rings (SSSR count). The van der Waals surface area contributed by atoms with Crippen LogP contribution in [-0.2, 0) is 4.79 Å². The Hall–Kier alpha value is -1.56. The minimum atomic E-state index is -1.36. The van der Waals surface area contributed by atoms with E-state index in [0.29, 0.717) is 9.49 Å². The maximum atomic E-state index is 10.9. The number of carboxylic acids is 1. The Morgan fingerprint density at radius 3 is 2.13 bits per heavy atom. The van der Waals surface area contributed by atoms with Crippen LogP contribution in [0.3, 0.4) is 0 Å². The van der Waals surface area contributed by atoms with Crippen molar-refractivity contribution in [2.45, 2.75) is 6.04 Å². The quantitative estimate of drug-likeness (QED) is 0.827. The van der Waals surface area contributed by atoms with Gasteiger partial charge in [-0.05, 0) is 5.56 Å². The van der Waals surface area contributed by atoms with Crippen molar-refractivity contribution < 1.29 is 19.8 Å². The molecule has 1 atom stereocenters. The molecule has 0 bridgehead atoms. The Labute approximate surface area is 94.3 Å². The minimum absolute atomic E-state index is 0.393. The summed E-state index contributed by atoms with van der Waals surface area (Å²) in [5.41, 5.74) is 0.393. The molecule has 1 unspecified atom stereocenters. The molecule has 0 heterocycles. The Bertz CT molecular complexity index is 368. The second-order valence-electron chi connectivity index (χ2n) is 2.75. The number of carbonyl (C=O) groups is 2. The van der Waals surface area contributed by atoms with Crippen molar-refractivity contribution in [2.75, 3.05) is 0 Å². The molecule has 1 aromatic carbocycles. The fourth-order valence-electron chi connectivity index (χ4n) is 1.12. The lowest BCUT2D eigenvalue weighted by atomic mass is 10.1. The first kappa shape index (κ1) is 11.5. The van der Waals surface area contributed by atoms with Crippen molar-refractivity contribution in [3.63, 3.8) is 0 Å². The molecule has 0 aliphatic heterocycles. The number of benzene rings is 1. The van der Waals surface area contributed by atoms with E-state index in [9.17, 15) is 9.59 Å². The first-order valence-corrected chi connectivity index (χ1v) is 4.70. The minimum Gasteiger partial charge on any atom is -0.479 e. The number of hydrogen-bond donors (Lipinski definition) is 2. The van der Waals surface area contributed by atoms with Gasteiger partial charge in [-0.25, -0.2) is 13.5 Å². The normalized spacial score (nSPS) is 11.8. The number of hydrogen-bond acceptors (Lipinski definition) is 2. The summed E-state index contributed by atoms with van der Waals surface area (Å²) in [7, 11) is 0. The summed E-state index contributed by atoms with van der Waals surface area (Å²) in [6.45, 7) is 0. The van der Waals surface area contributed by atoms with Crippen molar-refractivity contribution in [3.05, 3.63) is 35.9 Å². The Balaban J connectivity index is 3.04. The van der Waals surface area contributed by atoms with Crippen LogP contribution in [0.2, 0.25) is 0 Å². The van der Waals surface area contributed by atoms with Crippen LogP contribution in [0, 0.1) is 0 Å². The van der Waals surface area contributed by atoms with Gasteiger partial charge in [0.1, 0.15) is 0 Å². The Morgan fingerprint density at radius 2 is 1.73 bits per heavy atom. The maximum Gasteiger partial charge on any atom is 0.418 e. The number of halogens is 1. The summed E-state index contributed by atoms with van der Waals surface area (Å²) in [4.78, 5) is 21.5. The van der Waals surface area contributed by atoms with Crippen LogP contribution in [0.25, 0.3) is 0 Å². The number of carboxylic acid groups (broad SMARTS) is 2. The number of amides is 1. The van der Waals surface area contributed by atoms with Gasteiger partial charge in [-0.15, -0.1) is 0 Å². The van der Waals surface area contributed by atoms with Crippen LogP contribution in [0.5, 0.6) is 0 Å². The molecule has 0 fully saturated rings. The van der Waals surface area contributed by atoms with Gasteiger partial charge in [0.05, 0.1) is 16.1 Å². The summed E-state index contributed by atoms with van der Waals surface area (Å²) < 4.78 is 0.574. The molecule has 6 heteroatoms. The number of aliphatic carboxylic acids is 1. The van der Waals surface area contributed by atoms with E-state index in [1.54, 1.807) is 30.3 Å². The molecule has 2 N–H and O–H groups in total. The molecule has 0 aliphatic carbocycles. The summed E-state index contributed by atoms with van der Waals surface area (Å²) >= 11 is 2.70. The van der Waals surface area contributed by atoms with Crippen LogP contribution < -0.4 is 0 Å². The zero-order valence-corrected chi connectivity index (χ0v) is 9.09. The molecule has 1 aromatic rings. The third kappa shape index (κ3) is 2.69. The average molecular weight is 274 g/mol. The van der Waals surface area contributed by atoms with Gasteiger partial charge in [-0.2, -0.15) is 0 Å². The predicted octanol–water partition coefficient (Wildman–Crippen LogP) is 2.10. The number of nitrogens with zero attached hydrogens (tertiary/aromatic N) is 1. The summed E-state index contributed by atoms with van der Waals surface area (Å²) in [6.07, 6.45) is -1.36. The monoisotopic (exact) mass is 273 g/mol. The second kappa shape index (κ2) is 4.79. The van der Waals surface area contributed by atoms with Crippen LogP contribution in [-0.4, -0.2) is 26.2 Å². The van der Waals surface area contributed by atoms with Crippen LogP contribution in [0.4, 0.5) is 4.79 Å². The van der Waals surface area contributed by atoms with E-state index in [2.05, 4.69) is 16.1 Å². The predicted molar refractivity (Wildman–Crippen MR) is 55.6 cm³/mol. The van der Waals surface area contributed by atoms with Gasteiger partial charge in [0.2, 0.25) is 0 Å². The summed E-state index contributed by atoms with van der Waals surface area (Å²) in [5, 5.41) is 17.6. The first-order valence-electron chi connectivity index (χ1n) is 3.99. The van der Waals surface area contributed by atoms with Crippen molar-refractivity contribution in [3.8, 4) is 0 Å². The molecule has 0 saturated carbocycles. The fourth-order valence-corrected chi connectivity index (χ4v) is 1.53. The molecule has 0 aromatic heterocycles. The molecule has 80 valence electrons. The maximum absolute atomic E-state index is 10.9. The first-order chi connectivity index (χ1) is 7.04. The van der Waals surface area contributed by atoms with Crippen molar-refractivity contribution in [1.29, 1.82) is 0 Å². The third-order valence-electron chi connectivity index (χ3n) is 1.76. The second-order valence-corrected chi connectivity index (χ2v) is 3.51. The van der Waals surface area contributed by atoms with Gasteiger partial charge in [0.15, 0.2) is 6.04 Å². The molecular formula is C9H8BrNO4. The summed E-state index contributed by atoms with van der Waals surface area (Å²) in [6, 6.07) is 6.87. The van der Waals surface area contributed by atoms with E-state index >= 15 is 0 Å². The smallest absolute Gasteiger partial charge is 0.418 e. The van der Waals surface area contributed by atoms with Gasteiger partial charge in [-0.1, -0.05) is 30.3 Å². The van der Waals surface area contributed by atoms with E-state index in [0.717, 1.165) is 0 Å². The van der Waals surface area contributed by atoms with Gasteiger partial charge in [0, 0.05) is 0 Å². The van der Waals surface area contributed by atoms with E-state index < -0.39 is 18.1 Å².